The Bertz CT molecular complexity index is 405. The molecule has 1 N–H and O–H groups in total. The number of hydrogen-bond donors (Lipinski definition) is 1. The Morgan fingerprint density at radius 1 is 1.33 bits per heavy atom. The predicted molar refractivity (Wildman–Crippen MR) is 83.8 cm³/mol. The fourth-order valence-electron chi connectivity index (χ4n) is 2.75. The SMILES string of the molecule is CCCNC(c1ccccc1OCCOC)C1CCOC1. The molecule has 0 saturated carbocycles. The molecule has 1 aromatic carbocycles. The first-order valence-corrected chi connectivity index (χ1v) is 7.88. The van der Waals surface area contributed by atoms with Crippen LogP contribution in [0.1, 0.15) is 31.4 Å². The van der Waals surface area contributed by atoms with Crippen molar-refractivity contribution in [2.45, 2.75) is 25.8 Å². The van der Waals surface area contributed by atoms with Crippen LogP contribution in [0.3, 0.4) is 0 Å². The third kappa shape index (κ3) is 4.70. The van der Waals surface area contributed by atoms with Crippen LogP contribution in [-0.2, 0) is 9.47 Å². The van der Waals surface area contributed by atoms with E-state index in [4.69, 9.17) is 14.2 Å². The third-order valence-electron chi connectivity index (χ3n) is 3.85. The zero-order chi connectivity index (χ0) is 14.9. The molecule has 0 aliphatic carbocycles. The average molecular weight is 293 g/mol. The van der Waals surface area contributed by atoms with Crippen molar-refractivity contribution in [3.05, 3.63) is 29.8 Å². The second kappa shape index (κ2) is 9.03. The fraction of sp³-hybridized carbons (Fsp3) is 0.647. The minimum absolute atomic E-state index is 0.297. The number of hydrogen-bond acceptors (Lipinski definition) is 4. The molecule has 4 heteroatoms. The van der Waals surface area contributed by atoms with Gasteiger partial charge in [-0.05, 0) is 25.5 Å². The molecular weight excluding hydrogens is 266 g/mol. The van der Waals surface area contributed by atoms with E-state index in [-0.39, 0.29) is 0 Å². The molecule has 0 radical (unpaired) electrons. The van der Waals surface area contributed by atoms with Crippen LogP contribution in [0.15, 0.2) is 24.3 Å². The summed E-state index contributed by atoms with van der Waals surface area (Å²) in [4.78, 5) is 0. The molecule has 0 amide bonds. The van der Waals surface area contributed by atoms with Gasteiger partial charge in [0.1, 0.15) is 12.4 Å². The summed E-state index contributed by atoms with van der Waals surface area (Å²) in [5.74, 6) is 1.47. The molecule has 2 atom stereocenters. The Hall–Kier alpha value is -1.10. The molecule has 21 heavy (non-hydrogen) atoms. The Morgan fingerprint density at radius 2 is 2.19 bits per heavy atom. The van der Waals surface area contributed by atoms with E-state index >= 15 is 0 Å². The summed E-state index contributed by atoms with van der Waals surface area (Å²) in [7, 11) is 1.69. The highest BCUT2D eigenvalue weighted by Crippen LogP contribution is 2.34. The van der Waals surface area contributed by atoms with Gasteiger partial charge in [0.2, 0.25) is 0 Å². The standard InChI is InChI=1S/C17H27NO3/c1-3-9-18-17(14-8-10-20-13-14)15-6-4-5-7-16(15)21-12-11-19-2/h4-7,14,17-18H,3,8-13H2,1-2H3. The van der Waals surface area contributed by atoms with Crippen LogP contribution in [0.25, 0.3) is 0 Å². The van der Waals surface area contributed by atoms with E-state index in [0.29, 0.717) is 25.2 Å². The normalized spacial score (nSPS) is 19.6. The molecule has 118 valence electrons. The Kier molecular flexibility index (Phi) is 7.00. The van der Waals surface area contributed by atoms with Crippen molar-refractivity contribution in [3.8, 4) is 5.75 Å². The van der Waals surface area contributed by atoms with Crippen LogP contribution >= 0.6 is 0 Å². The smallest absolute Gasteiger partial charge is 0.124 e. The van der Waals surface area contributed by atoms with Crippen LogP contribution in [-0.4, -0.2) is 40.1 Å². The van der Waals surface area contributed by atoms with Crippen molar-refractivity contribution < 1.29 is 14.2 Å². The van der Waals surface area contributed by atoms with Crippen LogP contribution in [0.2, 0.25) is 0 Å². The van der Waals surface area contributed by atoms with Crippen LogP contribution in [0.4, 0.5) is 0 Å². The summed E-state index contributed by atoms with van der Waals surface area (Å²) in [6.07, 6.45) is 2.23. The zero-order valence-corrected chi connectivity index (χ0v) is 13.1. The van der Waals surface area contributed by atoms with Crippen molar-refractivity contribution in [3.63, 3.8) is 0 Å². The Balaban J connectivity index is 2.13. The van der Waals surface area contributed by atoms with E-state index < -0.39 is 0 Å². The molecule has 1 heterocycles. The number of ether oxygens (including phenoxy) is 3. The first kappa shape index (κ1) is 16.3. The number of para-hydroxylation sites is 1. The highest BCUT2D eigenvalue weighted by molar-refractivity contribution is 5.36. The fourth-order valence-corrected chi connectivity index (χ4v) is 2.75. The molecule has 4 nitrogen and oxygen atoms in total. The molecule has 1 aromatic rings. The maximum absolute atomic E-state index is 5.89. The van der Waals surface area contributed by atoms with Gasteiger partial charge in [-0.2, -0.15) is 0 Å². The molecule has 0 spiro atoms. The summed E-state index contributed by atoms with van der Waals surface area (Å²) < 4.78 is 16.5. The maximum Gasteiger partial charge on any atom is 0.124 e. The third-order valence-corrected chi connectivity index (χ3v) is 3.85. The lowest BCUT2D eigenvalue weighted by Crippen LogP contribution is -2.30. The van der Waals surface area contributed by atoms with Gasteiger partial charge in [-0.3, -0.25) is 0 Å². The average Bonchev–Trinajstić information content (AvgIpc) is 3.03. The van der Waals surface area contributed by atoms with Crippen molar-refractivity contribution in [2.24, 2.45) is 5.92 Å². The van der Waals surface area contributed by atoms with Crippen molar-refractivity contribution in [1.82, 2.24) is 5.32 Å². The second-order valence-electron chi connectivity index (χ2n) is 5.43. The predicted octanol–water partition coefficient (Wildman–Crippen LogP) is 2.79. The van der Waals surface area contributed by atoms with Gasteiger partial charge in [0.25, 0.3) is 0 Å². The molecule has 1 fully saturated rings. The van der Waals surface area contributed by atoms with E-state index in [9.17, 15) is 0 Å². The summed E-state index contributed by atoms with van der Waals surface area (Å²) in [6, 6.07) is 8.60. The largest absolute Gasteiger partial charge is 0.491 e. The van der Waals surface area contributed by atoms with Gasteiger partial charge in [0.05, 0.1) is 13.2 Å². The molecular formula is C17H27NO3. The monoisotopic (exact) mass is 293 g/mol. The molecule has 2 unspecified atom stereocenters. The number of benzene rings is 1. The minimum Gasteiger partial charge on any atom is -0.491 e. The first-order valence-electron chi connectivity index (χ1n) is 7.88. The van der Waals surface area contributed by atoms with Crippen LogP contribution in [0.5, 0.6) is 5.75 Å². The van der Waals surface area contributed by atoms with E-state index in [0.717, 1.165) is 38.3 Å². The van der Waals surface area contributed by atoms with Gasteiger partial charge < -0.3 is 19.5 Å². The van der Waals surface area contributed by atoms with Gasteiger partial charge in [0, 0.05) is 31.2 Å². The van der Waals surface area contributed by atoms with E-state index in [2.05, 4.69) is 24.4 Å². The number of rotatable bonds is 9. The van der Waals surface area contributed by atoms with Gasteiger partial charge in [-0.1, -0.05) is 25.1 Å². The van der Waals surface area contributed by atoms with Crippen molar-refractivity contribution in [2.75, 3.05) is 40.1 Å². The highest BCUT2D eigenvalue weighted by atomic mass is 16.5. The Morgan fingerprint density at radius 3 is 2.90 bits per heavy atom. The first-order chi connectivity index (χ1) is 10.4. The van der Waals surface area contributed by atoms with Crippen LogP contribution in [0, 0.1) is 5.92 Å². The van der Waals surface area contributed by atoms with E-state index in [1.807, 2.05) is 12.1 Å². The van der Waals surface area contributed by atoms with Crippen molar-refractivity contribution in [1.29, 1.82) is 0 Å². The van der Waals surface area contributed by atoms with E-state index in [1.165, 1.54) is 5.56 Å². The number of nitrogens with one attached hydrogen (secondary N) is 1. The molecule has 1 aliphatic rings. The lowest BCUT2D eigenvalue weighted by atomic mass is 9.91. The summed E-state index contributed by atoms with van der Waals surface area (Å²) in [6.45, 7) is 6.07. The zero-order valence-electron chi connectivity index (χ0n) is 13.1. The topological polar surface area (TPSA) is 39.7 Å². The second-order valence-corrected chi connectivity index (χ2v) is 5.43. The van der Waals surface area contributed by atoms with Gasteiger partial charge in [-0.25, -0.2) is 0 Å². The lowest BCUT2D eigenvalue weighted by molar-refractivity contribution is 0.144. The maximum atomic E-state index is 5.89. The lowest BCUT2D eigenvalue weighted by Gasteiger charge is -2.26. The molecule has 2 rings (SSSR count). The molecule has 0 bridgehead atoms. The minimum atomic E-state index is 0.297. The van der Waals surface area contributed by atoms with Gasteiger partial charge in [0.15, 0.2) is 0 Å². The molecule has 1 saturated heterocycles. The van der Waals surface area contributed by atoms with Gasteiger partial charge in [-0.15, -0.1) is 0 Å². The Labute approximate surface area is 127 Å². The summed E-state index contributed by atoms with van der Waals surface area (Å²) >= 11 is 0. The van der Waals surface area contributed by atoms with Crippen LogP contribution < -0.4 is 10.1 Å². The quantitative estimate of drug-likeness (QED) is 0.711. The number of methoxy groups -OCH3 is 1. The van der Waals surface area contributed by atoms with Crippen molar-refractivity contribution >= 4 is 0 Å². The summed E-state index contributed by atoms with van der Waals surface area (Å²) in [5, 5.41) is 3.67. The van der Waals surface area contributed by atoms with Gasteiger partial charge >= 0.3 is 0 Å². The molecule has 0 aromatic heterocycles. The highest BCUT2D eigenvalue weighted by Gasteiger charge is 2.28. The summed E-state index contributed by atoms with van der Waals surface area (Å²) in [5.41, 5.74) is 1.23. The van der Waals surface area contributed by atoms with E-state index in [1.54, 1.807) is 7.11 Å². The molecule has 1 aliphatic heterocycles.